The quantitative estimate of drug-likeness (QED) is 0.137. The van der Waals surface area contributed by atoms with Gasteiger partial charge < -0.3 is 10.2 Å². The molecule has 3 rings (SSSR count). The molecule has 3 heterocycles. The van der Waals surface area contributed by atoms with Gasteiger partial charge in [-0.15, -0.1) is 0 Å². The fourth-order valence-corrected chi connectivity index (χ4v) is 6.63. The Hall–Kier alpha value is -3.11. The van der Waals surface area contributed by atoms with Gasteiger partial charge in [-0.05, 0) is 54.3 Å². The van der Waals surface area contributed by atoms with Gasteiger partial charge in [-0.3, -0.25) is 43.4 Å². The normalized spacial score (nSPS) is 19.4. The summed E-state index contributed by atoms with van der Waals surface area (Å²) >= 11 is 0. The van der Waals surface area contributed by atoms with Crippen LogP contribution in [-0.2, 0) is 33.6 Å². The Bertz CT molecular complexity index is 1230. The molecule has 0 spiro atoms. The van der Waals surface area contributed by atoms with Crippen LogP contribution in [0.4, 0.5) is 0 Å². The second kappa shape index (κ2) is 28.3. The van der Waals surface area contributed by atoms with E-state index in [2.05, 4.69) is 46.9 Å². The molecule has 11 nitrogen and oxygen atoms in total. The first-order valence-electron chi connectivity index (χ1n) is 20.4. The number of likely N-dealkylation sites (tertiary alicyclic amines) is 3. The number of imide groups is 2. The van der Waals surface area contributed by atoms with Crippen LogP contribution in [0.2, 0.25) is 0 Å². The van der Waals surface area contributed by atoms with Crippen LogP contribution >= 0.6 is 0 Å². The molecule has 0 radical (unpaired) electrons. The lowest BCUT2D eigenvalue weighted by Gasteiger charge is -2.18. The summed E-state index contributed by atoms with van der Waals surface area (Å²) in [5.41, 5.74) is 0. The Morgan fingerprint density at radius 1 is 0.589 bits per heavy atom. The molecule has 3 aliphatic heterocycles. The van der Waals surface area contributed by atoms with Crippen molar-refractivity contribution in [3.8, 4) is 0 Å². The summed E-state index contributed by atoms with van der Waals surface area (Å²) in [5, 5.41) is 2.74. The highest BCUT2D eigenvalue weighted by Gasteiger charge is 2.40. The molecule has 0 aromatic carbocycles. The van der Waals surface area contributed by atoms with Crippen molar-refractivity contribution in [1.82, 2.24) is 20.0 Å². The highest BCUT2D eigenvalue weighted by atomic mass is 16.2. The van der Waals surface area contributed by atoms with Gasteiger partial charge in [-0.1, -0.05) is 112 Å². The second-order valence-corrected chi connectivity index (χ2v) is 17.6. The maximum Gasteiger partial charge on any atom is 0.233 e. The number of Topliss-reactive ketones (excluding diaryl/α,β-unsaturated/α-hetero) is 1. The zero-order valence-corrected chi connectivity index (χ0v) is 35.3. The average molecular weight is 795 g/mol. The van der Waals surface area contributed by atoms with Crippen LogP contribution in [0.1, 0.15) is 163 Å². The Morgan fingerprint density at radius 2 is 1.07 bits per heavy atom. The predicted octanol–water partition coefficient (Wildman–Crippen LogP) is 8.43. The Labute approximate surface area is 343 Å². The number of hydrogen-bond donors (Lipinski definition) is 1. The van der Waals surface area contributed by atoms with E-state index in [0.717, 1.165) is 38.8 Å². The predicted molar refractivity (Wildman–Crippen MR) is 229 cm³/mol. The fourth-order valence-electron chi connectivity index (χ4n) is 6.63. The Balaban J connectivity index is -0.000000743. The summed E-state index contributed by atoms with van der Waals surface area (Å²) in [5.74, 6) is 2.85. The Morgan fingerprint density at radius 3 is 1.46 bits per heavy atom. The van der Waals surface area contributed by atoms with Crippen molar-refractivity contribution < 1.29 is 33.6 Å². The van der Waals surface area contributed by atoms with Crippen molar-refractivity contribution in [2.75, 3.05) is 32.7 Å². The monoisotopic (exact) mass is 795 g/mol. The number of amides is 6. The molecule has 3 aliphatic rings. The molecule has 11 heteroatoms. The number of hydrogen-bond acceptors (Lipinski definition) is 7. The summed E-state index contributed by atoms with van der Waals surface area (Å²) in [6.45, 7) is 27.7. The standard InChI is InChI=1S/C16H27NO3.C14H24N2O3.C12H23NO.3CH4/c1-11(2)6-5-7-13(18)8-9-17-15(19)10-14(12(3)4)16(17)20;1-9(2)7-12(17)15-5-6-16-13(18)8-11(10(3)4)14(16)19;1-9(2)5-6-13-8-11(10(3)4)7-12(13)14;;;/h11-12,14H,5-10H2,1-4H3;9-11H,5-8H2,1-4H3,(H,15,17);9-11H,5-8H2,1-4H3;3*1H4. The highest BCUT2D eigenvalue weighted by molar-refractivity contribution is 6.04. The van der Waals surface area contributed by atoms with Crippen LogP contribution in [0.3, 0.4) is 0 Å². The van der Waals surface area contributed by atoms with E-state index in [1.165, 1.54) is 9.80 Å². The number of carbonyl (C=O) groups excluding carboxylic acids is 7. The lowest BCUT2D eigenvalue weighted by molar-refractivity contribution is -0.141. The first kappa shape index (κ1) is 57.2. The van der Waals surface area contributed by atoms with Gasteiger partial charge >= 0.3 is 0 Å². The van der Waals surface area contributed by atoms with Crippen molar-refractivity contribution in [2.24, 2.45) is 53.3 Å². The molecule has 3 fully saturated rings. The van der Waals surface area contributed by atoms with E-state index in [1.54, 1.807) is 0 Å². The first-order chi connectivity index (χ1) is 24.7. The molecule has 3 saturated heterocycles. The maximum absolute atomic E-state index is 12.1. The van der Waals surface area contributed by atoms with E-state index in [0.29, 0.717) is 74.1 Å². The van der Waals surface area contributed by atoms with Crippen LogP contribution < -0.4 is 5.32 Å². The third-order valence-electron chi connectivity index (χ3n) is 10.4. The zero-order chi connectivity index (χ0) is 40.6. The maximum atomic E-state index is 12.1. The van der Waals surface area contributed by atoms with Gasteiger partial charge in [-0.2, -0.15) is 0 Å². The number of rotatable bonds is 18. The average Bonchev–Trinajstić information content (AvgIpc) is 3.66. The number of nitrogens with zero attached hydrogens (tertiary/aromatic N) is 3. The highest BCUT2D eigenvalue weighted by Crippen LogP contribution is 2.28. The third kappa shape index (κ3) is 20.4. The van der Waals surface area contributed by atoms with Crippen LogP contribution in [0.15, 0.2) is 0 Å². The fraction of sp³-hybridized carbons (Fsp3) is 0.844. The minimum absolute atomic E-state index is 0. The van der Waals surface area contributed by atoms with Gasteiger partial charge in [0.1, 0.15) is 5.78 Å². The molecule has 3 unspecified atom stereocenters. The minimum atomic E-state index is -0.196. The summed E-state index contributed by atoms with van der Waals surface area (Å²) in [7, 11) is 0. The molecular formula is C45H86N4O7. The SMILES string of the molecule is C.C.C.CC(C)CC(=O)NCCN1C(=O)CC(C(C)C)C1=O.CC(C)CCCC(=O)CCN1C(=O)CC(C(C)C)C1=O.CC(C)CCN1CC(C(C)C)CC1=O. The van der Waals surface area contributed by atoms with Gasteiger partial charge in [-0.25, -0.2) is 0 Å². The lowest BCUT2D eigenvalue weighted by atomic mass is 9.94. The van der Waals surface area contributed by atoms with Crippen molar-refractivity contribution in [2.45, 2.75) is 163 Å². The van der Waals surface area contributed by atoms with Crippen molar-refractivity contribution in [3.63, 3.8) is 0 Å². The molecule has 6 amide bonds. The van der Waals surface area contributed by atoms with E-state index < -0.39 is 0 Å². The molecule has 0 aromatic rings. The van der Waals surface area contributed by atoms with E-state index in [-0.39, 0.29) is 94.4 Å². The summed E-state index contributed by atoms with van der Waals surface area (Å²) < 4.78 is 0. The number of carbonyl (C=O) groups is 7. The van der Waals surface area contributed by atoms with Gasteiger partial charge in [0.25, 0.3) is 0 Å². The van der Waals surface area contributed by atoms with E-state index in [9.17, 15) is 33.6 Å². The Kier molecular flexibility index (Phi) is 28.9. The van der Waals surface area contributed by atoms with Gasteiger partial charge in [0.15, 0.2) is 0 Å². The van der Waals surface area contributed by atoms with Crippen LogP contribution in [-0.4, -0.2) is 88.6 Å². The summed E-state index contributed by atoms with van der Waals surface area (Å²) in [4.78, 5) is 87.1. The summed E-state index contributed by atoms with van der Waals surface area (Å²) in [6, 6.07) is 0. The van der Waals surface area contributed by atoms with Gasteiger partial charge in [0, 0.05) is 83.1 Å². The molecule has 0 aliphatic carbocycles. The van der Waals surface area contributed by atoms with Gasteiger partial charge in [0.05, 0.1) is 0 Å². The number of ketones is 1. The molecule has 0 saturated carbocycles. The minimum Gasteiger partial charge on any atom is -0.354 e. The largest absolute Gasteiger partial charge is 0.354 e. The van der Waals surface area contributed by atoms with E-state index >= 15 is 0 Å². The molecule has 3 atom stereocenters. The van der Waals surface area contributed by atoms with E-state index in [1.807, 2.05) is 46.4 Å². The topological polar surface area (TPSA) is 141 Å². The number of nitrogens with one attached hydrogen (secondary N) is 1. The molecule has 1 N–H and O–H groups in total. The van der Waals surface area contributed by atoms with Crippen molar-refractivity contribution >= 4 is 41.2 Å². The first-order valence-corrected chi connectivity index (χ1v) is 20.4. The van der Waals surface area contributed by atoms with Crippen molar-refractivity contribution in [1.29, 1.82) is 0 Å². The third-order valence-corrected chi connectivity index (χ3v) is 10.4. The zero-order valence-electron chi connectivity index (χ0n) is 35.3. The van der Waals surface area contributed by atoms with Crippen LogP contribution in [0.5, 0.6) is 0 Å². The second-order valence-electron chi connectivity index (χ2n) is 17.6. The van der Waals surface area contributed by atoms with Crippen molar-refractivity contribution in [3.05, 3.63) is 0 Å². The lowest BCUT2D eigenvalue weighted by Crippen LogP contribution is -2.39. The molecular weight excluding hydrogens is 709 g/mol. The summed E-state index contributed by atoms with van der Waals surface area (Å²) in [6.07, 6.45) is 5.79. The van der Waals surface area contributed by atoms with Gasteiger partial charge in [0.2, 0.25) is 35.4 Å². The molecule has 56 heavy (non-hydrogen) atoms. The molecule has 0 bridgehead atoms. The van der Waals surface area contributed by atoms with E-state index in [4.69, 9.17) is 0 Å². The van der Waals surface area contributed by atoms with Crippen LogP contribution in [0, 0.1) is 53.3 Å². The smallest absolute Gasteiger partial charge is 0.233 e. The van der Waals surface area contributed by atoms with Crippen LogP contribution in [0.25, 0.3) is 0 Å². The molecule has 328 valence electrons. The molecule has 0 aromatic heterocycles.